The van der Waals surface area contributed by atoms with Gasteiger partial charge in [0.25, 0.3) is 10.0 Å². The van der Waals surface area contributed by atoms with Crippen molar-refractivity contribution in [3.8, 4) is 0 Å². The van der Waals surface area contributed by atoms with E-state index in [0.717, 1.165) is 0 Å². The number of rotatable bonds is 4. The molecule has 0 amide bonds. The number of nitrogens with zero attached hydrogens (tertiary/aromatic N) is 1. The quantitative estimate of drug-likeness (QED) is 0.841. The van der Waals surface area contributed by atoms with Gasteiger partial charge < -0.3 is 5.73 Å². The number of sulfonamides is 1. The highest BCUT2D eigenvalue weighted by Gasteiger charge is 2.20. The van der Waals surface area contributed by atoms with E-state index in [1.54, 1.807) is 24.3 Å². The summed E-state index contributed by atoms with van der Waals surface area (Å²) in [5.74, 6) is 0. The smallest absolute Gasteiger partial charge is 0.264 e. The van der Waals surface area contributed by atoms with Crippen LogP contribution in [0.5, 0.6) is 0 Å². The summed E-state index contributed by atoms with van der Waals surface area (Å²) >= 11 is 10.6. The number of nitrogens with one attached hydrogen (secondary N) is 1. The normalized spacial score (nSPS) is 11.1. The lowest BCUT2D eigenvalue weighted by Gasteiger charge is -2.10. The van der Waals surface area contributed by atoms with Crippen LogP contribution in [0.1, 0.15) is 5.69 Å². The molecule has 3 N–H and O–H groups in total. The molecule has 0 fully saturated rings. The molecule has 0 aliphatic carbocycles. The van der Waals surface area contributed by atoms with Crippen LogP contribution in [-0.4, -0.2) is 18.4 Å². The van der Waals surface area contributed by atoms with E-state index in [0.29, 0.717) is 10.7 Å². The first kappa shape index (κ1) is 14.7. The van der Waals surface area contributed by atoms with Gasteiger partial charge in [-0.2, -0.15) is 0 Å². The van der Waals surface area contributed by atoms with Crippen molar-refractivity contribution < 1.29 is 8.42 Å². The molecular formula is C12H10ClN3O2S2. The Labute approximate surface area is 126 Å². The Bertz CT molecular complexity index is 746. The molecule has 104 valence electrons. The predicted octanol–water partition coefficient (Wildman–Crippen LogP) is 2.17. The molecule has 1 aromatic carbocycles. The lowest BCUT2D eigenvalue weighted by molar-refractivity contribution is 0.600. The van der Waals surface area contributed by atoms with Crippen LogP contribution >= 0.6 is 23.8 Å². The summed E-state index contributed by atoms with van der Waals surface area (Å²) in [5, 5.41) is 0.512. The first-order chi connectivity index (χ1) is 9.40. The Morgan fingerprint density at radius 3 is 2.50 bits per heavy atom. The van der Waals surface area contributed by atoms with Gasteiger partial charge >= 0.3 is 0 Å². The molecule has 2 aromatic rings. The zero-order valence-electron chi connectivity index (χ0n) is 10.1. The molecule has 0 radical (unpaired) electrons. The van der Waals surface area contributed by atoms with Gasteiger partial charge in [0, 0.05) is 16.9 Å². The number of aromatic nitrogens is 1. The van der Waals surface area contributed by atoms with Crippen molar-refractivity contribution in [3.63, 3.8) is 0 Å². The van der Waals surface area contributed by atoms with E-state index in [4.69, 9.17) is 29.6 Å². The van der Waals surface area contributed by atoms with Gasteiger partial charge in [-0.25, -0.2) is 8.42 Å². The second kappa shape index (κ2) is 5.74. The third-order valence-corrected chi connectivity index (χ3v) is 4.25. The van der Waals surface area contributed by atoms with E-state index in [1.807, 2.05) is 0 Å². The summed E-state index contributed by atoms with van der Waals surface area (Å²) in [4.78, 5) is 3.75. The van der Waals surface area contributed by atoms with Crippen LogP contribution in [0.4, 0.5) is 5.69 Å². The van der Waals surface area contributed by atoms with Crippen LogP contribution in [0.2, 0.25) is 5.02 Å². The Kier molecular flexibility index (Phi) is 4.22. The first-order valence-corrected chi connectivity index (χ1v) is 7.70. The van der Waals surface area contributed by atoms with Gasteiger partial charge in [-0.1, -0.05) is 23.8 Å². The van der Waals surface area contributed by atoms with Gasteiger partial charge in [-0.05, 0) is 36.4 Å². The largest absolute Gasteiger partial charge is 0.388 e. The molecular weight excluding hydrogens is 318 g/mol. The third-order valence-electron chi connectivity index (χ3n) is 2.39. The van der Waals surface area contributed by atoms with Crippen molar-refractivity contribution in [2.75, 3.05) is 4.72 Å². The number of hydrogen-bond acceptors (Lipinski definition) is 4. The van der Waals surface area contributed by atoms with Crippen molar-refractivity contribution >= 4 is 44.5 Å². The molecule has 20 heavy (non-hydrogen) atoms. The fraction of sp³-hybridized carbons (Fsp3) is 0. The maximum atomic E-state index is 12.3. The molecule has 5 nitrogen and oxygen atoms in total. The molecule has 0 atom stereocenters. The number of benzene rings is 1. The maximum absolute atomic E-state index is 12.3. The number of anilines is 1. The highest BCUT2D eigenvalue weighted by Crippen LogP contribution is 2.19. The van der Waals surface area contributed by atoms with E-state index in [-0.39, 0.29) is 15.6 Å². The van der Waals surface area contributed by atoms with Gasteiger partial charge in [-0.3, -0.25) is 9.71 Å². The Hall–Kier alpha value is -1.70. The van der Waals surface area contributed by atoms with E-state index in [9.17, 15) is 8.42 Å². The number of halogens is 1. The van der Waals surface area contributed by atoms with Gasteiger partial charge in [0.2, 0.25) is 0 Å². The predicted molar refractivity (Wildman–Crippen MR) is 82.4 cm³/mol. The van der Waals surface area contributed by atoms with Gasteiger partial charge in [-0.15, -0.1) is 0 Å². The summed E-state index contributed by atoms with van der Waals surface area (Å²) in [6.07, 6.45) is 1.43. The molecule has 1 aromatic heterocycles. The monoisotopic (exact) mass is 327 g/mol. The minimum absolute atomic E-state index is 0.0592. The molecule has 0 saturated carbocycles. The zero-order valence-corrected chi connectivity index (χ0v) is 12.5. The topological polar surface area (TPSA) is 85.1 Å². The van der Waals surface area contributed by atoms with Gasteiger partial charge in [0.15, 0.2) is 0 Å². The van der Waals surface area contributed by atoms with Crippen LogP contribution in [-0.2, 0) is 10.0 Å². The molecule has 1 heterocycles. The third kappa shape index (κ3) is 3.24. The van der Waals surface area contributed by atoms with Crippen LogP contribution in [0.25, 0.3) is 0 Å². The highest BCUT2D eigenvalue weighted by atomic mass is 35.5. The van der Waals surface area contributed by atoms with Crippen molar-refractivity contribution in [2.24, 2.45) is 5.73 Å². The number of hydrogen-bond donors (Lipinski definition) is 2. The van der Waals surface area contributed by atoms with Crippen molar-refractivity contribution in [1.82, 2.24) is 4.98 Å². The lowest BCUT2D eigenvalue weighted by Crippen LogP contribution is -2.21. The van der Waals surface area contributed by atoms with Crippen LogP contribution in [0, 0.1) is 0 Å². The minimum atomic E-state index is -3.82. The number of pyridine rings is 1. The van der Waals surface area contributed by atoms with E-state index in [2.05, 4.69) is 9.71 Å². The SMILES string of the molecule is NC(=S)c1ncccc1S(=O)(=O)Nc1ccc(Cl)cc1. The first-order valence-electron chi connectivity index (χ1n) is 5.43. The molecule has 0 unspecified atom stereocenters. The summed E-state index contributed by atoms with van der Waals surface area (Å²) < 4.78 is 27.0. The average Bonchev–Trinajstić information content (AvgIpc) is 2.41. The Morgan fingerprint density at radius 1 is 1.25 bits per heavy atom. The molecule has 0 aliphatic heterocycles. The Morgan fingerprint density at radius 2 is 1.90 bits per heavy atom. The van der Waals surface area contributed by atoms with Crippen molar-refractivity contribution in [2.45, 2.75) is 4.90 Å². The molecule has 8 heteroatoms. The summed E-state index contributed by atoms with van der Waals surface area (Å²) in [6.45, 7) is 0. The van der Waals surface area contributed by atoms with Gasteiger partial charge in [0.05, 0.1) is 0 Å². The van der Waals surface area contributed by atoms with E-state index >= 15 is 0 Å². The summed E-state index contributed by atoms with van der Waals surface area (Å²) in [5.41, 5.74) is 5.92. The number of nitrogens with two attached hydrogens (primary N) is 1. The maximum Gasteiger partial charge on any atom is 0.264 e. The van der Waals surface area contributed by atoms with Crippen LogP contribution < -0.4 is 10.5 Å². The highest BCUT2D eigenvalue weighted by molar-refractivity contribution is 7.93. The Balaban J connectivity index is 2.41. The fourth-order valence-corrected chi connectivity index (χ4v) is 3.11. The zero-order chi connectivity index (χ0) is 14.8. The van der Waals surface area contributed by atoms with Crippen LogP contribution in [0.3, 0.4) is 0 Å². The van der Waals surface area contributed by atoms with E-state index < -0.39 is 10.0 Å². The molecule has 0 saturated heterocycles. The van der Waals surface area contributed by atoms with Crippen molar-refractivity contribution in [1.29, 1.82) is 0 Å². The van der Waals surface area contributed by atoms with E-state index in [1.165, 1.54) is 18.3 Å². The lowest BCUT2D eigenvalue weighted by atomic mass is 10.3. The minimum Gasteiger partial charge on any atom is -0.388 e. The van der Waals surface area contributed by atoms with Crippen LogP contribution in [0.15, 0.2) is 47.5 Å². The summed E-state index contributed by atoms with van der Waals surface area (Å²) in [7, 11) is -3.82. The number of thiocarbonyl (C=S) groups is 1. The van der Waals surface area contributed by atoms with Crippen molar-refractivity contribution in [3.05, 3.63) is 53.3 Å². The van der Waals surface area contributed by atoms with Gasteiger partial charge in [0.1, 0.15) is 15.6 Å². The standard InChI is InChI=1S/C12H10ClN3O2S2/c13-8-3-5-9(6-4-8)16-20(17,18)10-2-1-7-15-11(10)12(14)19/h1-7,16H,(H2,14,19). The molecule has 2 rings (SSSR count). The molecule has 0 bridgehead atoms. The molecule has 0 aliphatic rings. The second-order valence-corrected chi connectivity index (χ2v) is 6.35. The molecule has 0 spiro atoms. The second-order valence-electron chi connectivity index (χ2n) is 3.83. The average molecular weight is 328 g/mol. The summed E-state index contributed by atoms with van der Waals surface area (Å²) in [6, 6.07) is 9.15. The fourth-order valence-electron chi connectivity index (χ4n) is 1.52.